The number of esters is 2. The van der Waals surface area contributed by atoms with E-state index in [1.807, 2.05) is 30.4 Å². The molecule has 0 saturated heterocycles. The Morgan fingerprint density at radius 1 is 0.561 bits per heavy atom. The highest BCUT2D eigenvalue weighted by atomic mass is 31.2. The van der Waals surface area contributed by atoms with Crippen molar-refractivity contribution in [3.05, 3.63) is 122 Å². The zero-order chi connectivity index (χ0) is 48.7. The van der Waals surface area contributed by atoms with Gasteiger partial charge in [0.1, 0.15) is 43.2 Å². The van der Waals surface area contributed by atoms with Crippen molar-refractivity contribution in [1.82, 2.24) is 0 Å². The third kappa shape index (κ3) is 31.2. The van der Waals surface area contributed by atoms with Crippen LogP contribution in [-0.2, 0) is 32.7 Å². The number of ether oxygens (including phenoxy) is 2. The van der Waals surface area contributed by atoms with Crippen molar-refractivity contribution in [2.75, 3.05) is 13.2 Å². The van der Waals surface area contributed by atoms with Gasteiger partial charge in [0.25, 0.3) is 0 Å². The summed E-state index contributed by atoms with van der Waals surface area (Å²) in [7, 11) is -5.20. The zero-order valence-corrected chi connectivity index (χ0v) is 39.9. The van der Waals surface area contributed by atoms with Crippen LogP contribution in [0, 0.1) is 0 Å². The highest BCUT2D eigenvalue weighted by Gasteiger charge is 2.51. The van der Waals surface area contributed by atoms with Crippen molar-refractivity contribution < 1.29 is 68.2 Å². The van der Waals surface area contributed by atoms with Crippen LogP contribution in [0.15, 0.2) is 122 Å². The van der Waals surface area contributed by atoms with E-state index in [2.05, 4.69) is 92.8 Å². The highest BCUT2D eigenvalue weighted by molar-refractivity contribution is 7.47. The van der Waals surface area contributed by atoms with E-state index < -0.39 is 81.8 Å². The van der Waals surface area contributed by atoms with E-state index in [-0.39, 0.29) is 25.7 Å². The first-order chi connectivity index (χ1) is 31.8. The zero-order valence-electron chi connectivity index (χ0n) is 39.0. The lowest BCUT2D eigenvalue weighted by molar-refractivity contribution is -0.220. The average molecular weight is 947 g/mol. The van der Waals surface area contributed by atoms with Crippen LogP contribution in [-0.4, -0.2) is 110 Å². The molecule has 0 radical (unpaired) electrons. The maximum atomic E-state index is 12.8. The average Bonchev–Trinajstić information content (AvgIpc) is 3.29. The van der Waals surface area contributed by atoms with Gasteiger partial charge in [0, 0.05) is 12.8 Å². The molecule has 0 aromatic heterocycles. The van der Waals surface area contributed by atoms with Gasteiger partial charge in [-0.05, 0) is 83.5 Å². The van der Waals surface area contributed by atoms with Gasteiger partial charge in [0.15, 0.2) is 6.10 Å². The van der Waals surface area contributed by atoms with Crippen molar-refractivity contribution in [1.29, 1.82) is 0 Å². The smallest absolute Gasteiger partial charge is 0.462 e. The van der Waals surface area contributed by atoms with Gasteiger partial charge in [0.2, 0.25) is 0 Å². The summed E-state index contributed by atoms with van der Waals surface area (Å²) in [4.78, 5) is 35.7. The quantitative estimate of drug-likeness (QED) is 0.0103. The Kier molecular flexibility index (Phi) is 35.8. The molecular weight excluding hydrogens is 868 g/mol. The van der Waals surface area contributed by atoms with Crippen molar-refractivity contribution in [2.45, 2.75) is 172 Å². The standard InChI is InChI=1S/C51H79O14P/c1-3-5-7-9-11-13-15-17-18-19-20-21-22-24-26-28-30-32-34-38-44(53)62-40-43(41-63-66(60,61)65-51-49(58)47(56)46(55)48(57)50(51)59)64-45(54)39-35-37-42(52)36-33-31-29-27-25-23-16-14-12-10-8-6-4-2/h5,7,11-14,17-18,20-21,23-26,29-33,36,42-43,46-52,55-59H,3-4,6,8-10,15-16,19,22,27-28,34-35,37-41H2,1-2H3,(H,60,61)/b7-5-,13-11-,14-12-,18-17-,21-20-,25-23-,26-24-,31-29-,32-30-,36-33+/t42-,43+,46?,47-,48+,49+,50+,51?/m0/s1. The molecule has 15 heteroatoms. The Labute approximate surface area is 393 Å². The number of carbonyl (C=O) groups excluding carboxylic acids is 2. The first kappa shape index (κ1) is 60.2. The number of hydrogen-bond donors (Lipinski definition) is 7. The van der Waals surface area contributed by atoms with Gasteiger partial charge in [-0.1, -0.05) is 148 Å². The molecule has 1 fully saturated rings. The van der Waals surface area contributed by atoms with E-state index in [4.69, 9.17) is 18.5 Å². The molecule has 1 rings (SSSR count). The molecule has 1 saturated carbocycles. The molecule has 14 nitrogen and oxygen atoms in total. The number of phosphoric acid groups is 1. The van der Waals surface area contributed by atoms with Crippen LogP contribution in [0.2, 0.25) is 0 Å². The van der Waals surface area contributed by atoms with Crippen molar-refractivity contribution >= 4 is 19.8 Å². The Bertz CT molecular complexity index is 1630. The van der Waals surface area contributed by atoms with Crippen LogP contribution in [0.1, 0.15) is 123 Å². The number of rotatable bonds is 36. The van der Waals surface area contributed by atoms with Gasteiger partial charge >= 0.3 is 19.8 Å². The minimum atomic E-state index is -5.20. The van der Waals surface area contributed by atoms with E-state index in [0.29, 0.717) is 12.8 Å². The molecule has 0 heterocycles. The van der Waals surface area contributed by atoms with Gasteiger partial charge in [-0.15, -0.1) is 0 Å². The molecule has 0 aromatic carbocycles. The molecule has 9 atom stereocenters. The van der Waals surface area contributed by atoms with Gasteiger partial charge < -0.3 is 45.0 Å². The van der Waals surface area contributed by atoms with Gasteiger partial charge in [-0.3, -0.25) is 18.6 Å². The number of aliphatic hydroxyl groups excluding tert-OH is 6. The van der Waals surface area contributed by atoms with Crippen molar-refractivity contribution in [3.8, 4) is 0 Å². The molecule has 0 amide bonds. The first-order valence-electron chi connectivity index (χ1n) is 23.4. The molecule has 0 aromatic rings. The summed E-state index contributed by atoms with van der Waals surface area (Å²) in [6.45, 7) is 2.91. The normalized spacial score (nSPS) is 22.9. The topological polar surface area (TPSA) is 230 Å². The van der Waals surface area contributed by atoms with Gasteiger partial charge in [-0.2, -0.15) is 0 Å². The lowest BCUT2D eigenvalue weighted by Crippen LogP contribution is -2.64. The van der Waals surface area contributed by atoms with E-state index in [1.165, 1.54) is 19.3 Å². The van der Waals surface area contributed by atoms with Crippen LogP contribution in [0.4, 0.5) is 0 Å². The summed E-state index contributed by atoms with van der Waals surface area (Å²) in [5, 5.41) is 60.5. The van der Waals surface area contributed by atoms with Crippen LogP contribution < -0.4 is 0 Å². The van der Waals surface area contributed by atoms with Gasteiger partial charge in [0.05, 0.1) is 12.7 Å². The maximum Gasteiger partial charge on any atom is 0.472 e. The van der Waals surface area contributed by atoms with Crippen molar-refractivity contribution in [3.63, 3.8) is 0 Å². The summed E-state index contributed by atoms with van der Waals surface area (Å²) in [6.07, 6.45) is 38.5. The molecule has 3 unspecified atom stereocenters. The Balaban J connectivity index is 2.61. The predicted octanol–water partition coefficient (Wildman–Crippen LogP) is 8.36. The van der Waals surface area contributed by atoms with E-state index in [9.17, 15) is 49.7 Å². The second kappa shape index (κ2) is 39.2. The number of hydrogen-bond acceptors (Lipinski definition) is 13. The second-order valence-electron chi connectivity index (χ2n) is 15.7. The monoisotopic (exact) mass is 947 g/mol. The number of carbonyl (C=O) groups is 2. The Morgan fingerprint density at radius 2 is 1.05 bits per heavy atom. The molecular formula is C51H79O14P. The number of allylic oxidation sites excluding steroid dienone is 19. The highest BCUT2D eigenvalue weighted by Crippen LogP contribution is 2.47. The SMILES string of the molecule is CC/C=C\C/C=C\C/C=C\C/C=C\C/C=C\C/C=C\CCC(=O)OC[C@H](COP(=O)(O)OC1[C@H](O)[C@H](O)C(O)[C@H](O)[C@H]1O)OC(=O)CCC[C@@H](O)/C=C/C=C\C/C=C\C/C=C\CCCCC. The van der Waals surface area contributed by atoms with Gasteiger partial charge in [-0.25, -0.2) is 4.57 Å². The summed E-state index contributed by atoms with van der Waals surface area (Å²) < 4.78 is 33.3. The minimum Gasteiger partial charge on any atom is -0.462 e. The summed E-state index contributed by atoms with van der Waals surface area (Å²) in [5.74, 6) is -1.41. The molecule has 372 valence electrons. The fourth-order valence-corrected chi connectivity index (χ4v) is 7.09. The predicted molar refractivity (Wildman–Crippen MR) is 259 cm³/mol. The third-order valence-corrected chi connectivity index (χ3v) is 10.9. The Morgan fingerprint density at radius 3 is 1.58 bits per heavy atom. The van der Waals surface area contributed by atoms with Crippen molar-refractivity contribution in [2.24, 2.45) is 0 Å². The van der Waals surface area contributed by atoms with Crippen LogP contribution in [0.3, 0.4) is 0 Å². The van der Waals surface area contributed by atoms with Crippen LogP contribution >= 0.6 is 7.82 Å². The molecule has 7 N–H and O–H groups in total. The summed E-state index contributed by atoms with van der Waals surface area (Å²) >= 11 is 0. The number of phosphoric ester groups is 1. The molecule has 1 aliphatic rings. The third-order valence-electron chi connectivity index (χ3n) is 9.90. The maximum absolute atomic E-state index is 12.8. The molecule has 0 spiro atoms. The fraction of sp³-hybridized carbons (Fsp3) is 0.569. The van der Waals surface area contributed by atoms with Crippen LogP contribution in [0.5, 0.6) is 0 Å². The number of aliphatic hydroxyl groups is 6. The molecule has 1 aliphatic carbocycles. The lowest BCUT2D eigenvalue weighted by Gasteiger charge is -2.41. The summed E-state index contributed by atoms with van der Waals surface area (Å²) in [5.41, 5.74) is 0. The number of unbranched alkanes of at least 4 members (excludes halogenated alkanes) is 3. The summed E-state index contributed by atoms with van der Waals surface area (Å²) in [6, 6.07) is 0. The van der Waals surface area contributed by atoms with Crippen LogP contribution in [0.25, 0.3) is 0 Å². The van der Waals surface area contributed by atoms with E-state index >= 15 is 0 Å². The molecule has 0 aliphatic heterocycles. The molecule has 0 bridgehead atoms. The minimum absolute atomic E-state index is 0.00655. The first-order valence-corrected chi connectivity index (χ1v) is 24.9. The largest absolute Gasteiger partial charge is 0.472 e. The fourth-order valence-electron chi connectivity index (χ4n) is 6.12. The Hall–Kier alpha value is -3.79. The molecule has 66 heavy (non-hydrogen) atoms. The van der Waals surface area contributed by atoms with E-state index in [0.717, 1.165) is 51.4 Å². The second-order valence-corrected chi connectivity index (χ2v) is 17.1. The lowest BCUT2D eigenvalue weighted by atomic mass is 9.85. The van der Waals surface area contributed by atoms with E-state index in [1.54, 1.807) is 12.2 Å².